The molecule has 4 heteroatoms. The Morgan fingerprint density at radius 3 is 2.40 bits per heavy atom. The van der Waals surface area contributed by atoms with E-state index >= 15 is 0 Å². The Kier molecular flexibility index (Phi) is 5.50. The van der Waals surface area contributed by atoms with Crippen molar-refractivity contribution in [2.75, 3.05) is 0 Å². The smallest absolute Gasteiger partial charge is 0.314 e. The summed E-state index contributed by atoms with van der Waals surface area (Å²) in [6.07, 6.45) is 6.87. The van der Waals surface area contributed by atoms with Crippen LogP contribution in [-0.4, -0.2) is 11.8 Å². The molecule has 0 radical (unpaired) electrons. The number of carbonyl (C=O) groups excluding carboxylic acids is 2. The van der Waals surface area contributed by atoms with Crippen LogP contribution in [0.5, 0.6) is 11.5 Å². The van der Waals surface area contributed by atoms with E-state index in [2.05, 4.69) is 32.9 Å². The third-order valence-electron chi connectivity index (χ3n) is 5.87. The Hall–Kier alpha value is -2.88. The fourth-order valence-corrected chi connectivity index (χ4v) is 4.00. The molecule has 30 heavy (non-hydrogen) atoms. The zero-order chi connectivity index (χ0) is 21.3. The SMILES string of the molecule is CC(C)(C)c1ccc(/C=C2/Oc3cc(OC(=O)C4CCCCC4)ccc3C2=O)cc1. The first-order valence-corrected chi connectivity index (χ1v) is 10.7. The minimum absolute atomic E-state index is 0.0268. The van der Waals surface area contributed by atoms with Gasteiger partial charge in [0.05, 0.1) is 11.5 Å². The fourth-order valence-electron chi connectivity index (χ4n) is 4.00. The van der Waals surface area contributed by atoms with Crippen LogP contribution in [0.15, 0.2) is 48.2 Å². The highest BCUT2D eigenvalue weighted by Crippen LogP contribution is 2.36. The summed E-state index contributed by atoms with van der Waals surface area (Å²) in [4.78, 5) is 25.1. The molecule has 1 fully saturated rings. The lowest BCUT2D eigenvalue weighted by Crippen LogP contribution is -2.22. The number of ether oxygens (including phenoxy) is 2. The number of carbonyl (C=O) groups is 2. The van der Waals surface area contributed by atoms with Crippen LogP contribution >= 0.6 is 0 Å². The summed E-state index contributed by atoms with van der Waals surface area (Å²) in [5, 5.41) is 0. The third kappa shape index (κ3) is 4.33. The molecule has 1 aliphatic carbocycles. The Morgan fingerprint density at radius 2 is 1.73 bits per heavy atom. The summed E-state index contributed by atoms with van der Waals surface area (Å²) < 4.78 is 11.4. The van der Waals surface area contributed by atoms with Crippen molar-refractivity contribution in [1.82, 2.24) is 0 Å². The summed E-state index contributed by atoms with van der Waals surface area (Å²) in [5.41, 5.74) is 2.71. The predicted molar refractivity (Wildman–Crippen MR) is 117 cm³/mol. The molecule has 0 spiro atoms. The van der Waals surface area contributed by atoms with E-state index in [0.29, 0.717) is 17.1 Å². The van der Waals surface area contributed by atoms with Crippen LogP contribution in [-0.2, 0) is 10.2 Å². The second-order valence-electron chi connectivity index (χ2n) is 9.23. The third-order valence-corrected chi connectivity index (χ3v) is 5.87. The number of fused-ring (bicyclic) bond motifs is 1. The summed E-state index contributed by atoms with van der Waals surface area (Å²) >= 11 is 0. The normalized spacial score (nSPS) is 18.2. The average Bonchev–Trinajstić information content (AvgIpc) is 3.03. The maximum absolute atomic E-state index is 12.7. The van der Waals surface area contributed by atoms with Crippen LogP contribution in [0.2, 0.25) is 0 Å². The van der Waals surface area contributed by atoms with Gasteiger partial charge < -0.3 is 9.47 Å². The largest absolute Gasteiger partial charge is 0.452 e. The lowest BCUT2D eigenvalue weighted by atomic mass is 9.86. The Labute approximate surface area is 177 Å². The zero-order valence-electron chi connectivity index (χ0n) is 17.9. The fraction of sp³-hybridized carbons (Fsp3) is 0.385. The zero-order valence-corrected chi connectivity index (χ0v) is 17.9. The van der Waals surface area contributed by atoms with Gasteiger partial charge in [0, 0.05) is 6.07 Å². The van der Waals surface area contributed by atoms with Crippen molar-refractivity contribution < 1.29 is 19.1 Å². The second-order valence-corrected chi connectivity index (χ2v) is 9.23. The lowest BCUT2D eigenvalue weighted by Gasteiger charge is -2.19. The number of Topliss-reactive ketones (excluding diaryl/α,β-unsaturated/α-hetero) is 1. The molecule has 4 nitrogen and oxygen atoms in total. The average molecular weight is 405 g/mol. The molecule has 2 aliphatic rings. The van der Waals surface area contributed by atoms with E-state index < -0.39 is 0 Å². The van der Waals surface area contributed by atoms with Gasteiger partial charge in [-0.05, 0) is 47.6 Å². The number of hydrogen-bond acceptors (Lipinski definition) is 4. The summed E-state index contributed by atoms with van der Waals surface area (Å²) in [7, 11) is 0. The summed E-state index contributed by atoms with van der Waals surface area (Å²) in [5.74, 6) is 0.772. The first-order chi connectivity index (χ1) is 14.3. The van der Waals surface area contributed by atoms with Crippen molar-refractivity contribution in [1.29, 1.82) is 0 Å². The highest BCUT2D eigenvalue weighted by atomic mass is 16.5. The predicted octanol–water partition coefficient (Wildman–Crippen LogP) is 6.09. The Balaban J connectivity index is 1.48. The minimum atomic E-state index is -0.186. The van der Waals surface area contributed by atoms with E-state index in [1.165, 1.54) is 12.0 Å². The maximum Gasteiger partial charge on any atom is 0.314 e. The Bertz CT molecular complexity index is 987. The van der Waals surface area contributed by atoms with E-state index in [1.807, 2.05) is 12.1 Å². The van der Waals surface area contributed by atoms with Crippen LogP contribution < -0.4 is 9.47 Å². The van der Waals surface area contributed by atoms with E-state index in [-0.39, 0.29) is 28.8 Å². The molecule has 1 heterocycles. The van der Waals surface area contributed by atoms with E-state index in [4.69, 9.17) is 9.47 Å². The van der Waals surface area contributed by atoms with Gasteiger partial charge in [0.1, 0.15) is 11.5 Å². The number of benzene rings is 2. The van der Waals surface area contributed by atoms with Gasteiger partial charge in [-0.25, -0.2) is 0 Å². The molecule has 0 bridgehead atoms. The number of esters is 1. The van der Waals surface area contributed by atoms with Gasteiger partial charge in [0.2, 0.25) is 5.78 Å². The van der Waals surface area contributed by atoms with Crippen LogP contribution in [0.3, 0.4) is 0 Å². The molecule has 0 saturated heterocycles. The minimum Gasteiger partial charge on any atom is -0.452 e. The van der Waals surface area contributed by atoms with Crippen molar-refractivity contribution in [2.45, 2.75) is 58.3 Å². The molecule has 0 amide bonds. The van der Waals surface area contributed by atoms with Gasteiger partial charge in [-0.1, -0.05) is 64.3 Å². The molecule has 156 valence electrons. The Morgan fingerprint density at radius 1 is 1.03 bits per heavy atom. The van der Waals surface area contributed by atoms with Crippen molar-refractivity contribution in [3.05, 3.63) is 64.9 Å². The van der Waals surface area contributed by atoms with E-state index in [9.17, 15) is 9.59 Å². The maximum atomic E-state index is 12.7. The number of allylic oxidation sites excluding steroid dienone is 1. The van der Waals surface area contributed by atoms with Gasteiger partial charge >= 0.3 is 5.97 Å². The molecule has 0 N–H and O–H groups in total. The molecular formula is C26H28O4. The van der Waals surface area contributed by atoms with Crippen molar-refractivity contribution >= 4 is 17.8 Å². The van der Waals surface area contributed by atoms with Crippen LogP contribution in [0.1, 0.15) is 74.4 Å². The topological polar surface area (TPSA) is 52.6 Å². The molecular weight excluding hydrogens is 376 g/mol. The van der Waals surface area contributed by atoms with Crippen molar-refractivity contribution in [3.63, 3.8) is 0 Å². The summed E-state index contributed by atoms with van der Waals surface area (Å²) in [6.45, 7) is 6.50. The van der Waals surface area contributed by atoms with Gasteiger partial charge in [-0.15, -0.1) is 0 Å². The number of rotatable bonds is 3. The van der Waals surface area contributed by atoms with Gasteiger partial charge in [0.15, 0.2) is 5.76 Å². The number of ketones is 1. The quantitative estimate of drug-likeness (QED) is 0.353. The molecule has 1 saturated carbocycles. The highest BCUT2D eigenvalue weighted by Gasteiger charge is 2.29. The molecule has 2 aromatic carbocycles. The van der Waals surface area contributed by atoms with Crippen LogP contribution in [0.4, 0.5) is 0 Å². The monoisotopic (exact) mass is 404 g/mol. The second kappa shape index (κ2) is 8.10. The number of hydrogen-bond donors (Lipinski definition) is 0. The lowest BCUT2D eigenvalue weighted by molar-refractivity contribution is -0.139. The standard InChI is InChI=1S/C26H28O4/c1-26(2,3)19-11-9-17(10-12-19)15-23-24(27)21-14-13-20(16-22(21)30-23)29-25(28)18-7-5-4-6-8-18/h9-16,18H,4-8H2,1-3H3/b23-15+. The molecule has 0 atom stereocenters. The highest BCUT2D eigenvalue weighted by molar-refractivity contribution is 6.14. The first kappa shape index (κ1) is 20.4. The van der Waals surface area contributed by atoms with Crippen molar-refractivity contribution in [3.8, 4) is 11.5 Å². The van der Waals surface area contributed by atoms with Crippen molar-refractivity contribution in [2.24, 2.45) is 5.92 Å². The van der Waals surface area contributed by atoms with Gasteiger partial charge in [0.25, 0.3) is 0 Å². The molecule has 0 unspecified atom stereocenters. The molecule has 2 aromatic rings. The molecule has 0 aromatic heterocycles. The van der Waals surface area contributed by atoms with Crippen LogP contribution in [0.25, 0.3) is 6.08 Å². The van der Waals surface area contributed by atoms with E-state index in [1.54, 1.807) is 24.3 Å². The van der Waals surface area contributed by atoms with Gasteiger partial charge in [-0.3, -0.25) is 9.59 Å². The first-order valence-electron chi connectivity index (χ1n) is 10.7. The van der Waals surface area contributed by atoms with E-state index in [0.717, 1.165) is 31.2 Å². The van der Waals surface area contributed by atoms with Gasteiger partial charge in [-0.2, -0.15) is 0 Å². The summed E-state index contributed by atoms with van der Waals surface area (Å²) in [6, 6.07) is 13.1. The molecule has 1 aliphatic heterocycles. The molecule has 4 rings (SSSR count). The van der Waals surface area contributed by atoms with Crippen LogP contribution in [0, 0.1) is 5.92 Å².